The van der Waals surface area contributed by atoms with Crippen LogP contribution in [0.1, 0.15) is 29.7 Å². The van der Waals surface area contributed by atoms with Crippen molar-refractivity contribution in [2.45, 2.75) is 32.0 Å². The number of hydrogen-bond acceptors (Lipinski definition) is 1. The van der Waals surface area contributed by atoms with Crippen LogP contribution in [0.4, 0.5) is 0 Å². The highest BCUT2D eigenvalue weighted by Crippen LogP contribution is 2.29. The third-order valence-corrected chi connectivity index (χ3v) is 5.41. The molecule has 3 nitrogen and oxygen atoms in total. The lowest BCUT2D eigenvalue weighted by atomic mass is 10.2. The molecule has 1 saturated carbocycles. The zero-order valence-electron chi connectivity index (χ0n) is 15.7. The van der Waals surface area contributed by atoms with Gasteiger partial charge in [0.15, 0.2) is 0 Å². The van der Waals surface area contributed by atoms with Crippen LogP contribution in [0, 0.1) is 0 Å². The van der Waals surface area contributed by atoms with Gasteiger partial charge in [-0.15, -0.1) is 0 Å². The molecule has 0 unspecified atom stereocenters. The Morgan fingerprint density at radius 2 is 1.79 bits per heavy atom. The Morgan fingerprint density at radius 1 is 1.04 bits per heavy atom. The molecule has 0 bridgehead atoms. The second kappa shape index (κ2) is 8.49. The molecule has 1 aliphatic carbocycles. The monoisotopic (exact) mass is 390 g/mol. The molecule has 1 fully saturated rings. The minimum absolute atomic E-state index is 0.0665. The van der Waals surface area contributed by atoms with Gasteiger partial charge in [0, 0.05) is 35.6 Å². The first-order chi connectivity index (χ1) is 13.7. The number of aromatic nitrogens is 1. The number of carbonyl (C=O) groups is 1. The van der Waals surface area contributed by atoms with Crippen LogP contribution in [0.25, 0.3) is 6.08 Å². The third kappa shape index (κ3) is 4.55. The second-order valence-corrected chi connectivity index (χ2v) is 7.57. The highest BCUT2D eigenvalue weighted by molar-refractivity contribution is 6.31. The van der Waals surface area contributed by atoms with E-state index >= 15 is 0 Å². The summed E-state index contributed by atoms with van der Waals surface area (Å²) in [6, 6.07) is 22.3. The van der Waals surface area contributed by atoms with Crippen molar-refractivity contribution < 1.29 is 4.79 Å². The van der Waals surface area contributed by atoms with Gasteiger partial charge in [0.2, 0.25) is 5.91 Å². The summed E-state index contributed by atoms with van der Waals surface area (Å²) in [6.45, 7) is 1.31. The Hall–Kier alpha value is -2.78. The van der Waals surface area contributed by atoms with Gasteiger partial charge in [-0.1, -0.05) is 60.1 Å². The van der Waals surface area contributed by atoms with E-state index < -0.39 is 0 Å². The summed E-state index contributed by atoms with van der Waals surface area (Å²) in [6.07, 6.45) is 7.79. The molecule has 0 N–H and O–H groups in total. The molecule has 0 atom stereocenters. The minimum atomic E-state index is 0.0665. The van der Waals surface area contributed by atoms with Crippen molar-refractivity contribution in [2.24, 2.45) is 0 Å². The summed E-state index contributed by atoms with van der Waals surface area (Å²) in [5.41, 5.74) is 3.23. The lowest BCUT2D eigenvalue weighted by Gasteiger charge is -2.22. The molecule has 0 spiro atoms. The van der Waals surface area contributed by atoms with Gasteiger partial charge < -0.3 is 9.47 Å². The number of rotatable bonds is 7. The van der Waals surface area contributed by atoms with Gasteiger partial charge in [-0.3, -0.25) is 4.79 Å². The molecule has 142 valence electrons. The van der Waals surface area contributed by atoms with Gasteiger partial charge in [-0.25, -0.2) is 0 Å². The predicted molar refractivity (Wildman–Crippen MR) is 114 cm³/mol. The number of nitrogens with zero attached hydrogens (tertiary/aromatic N) is 2. The molecule has 4 heteroatoms. The normalized spacial score (nSPS) is 13.8. The molecular formula is C24H23ClN2O. The van der Waals surface area contributed by atoms with Crippen molar-refractivity contribution in [3.63, 3.8) is 0 Å². The van der Waals surface area contributed by atoms with Gasteiger partial charge in [0.1, 0.15) is 0 Å². The summed E-state index contributed by atoms with van der Waals surface area (Å²) in [5.74, 6) is 0.0665. The van der Waals surface area contributed by atoms with Crippen LogP contribution in [0.15, 0.2) is 79.0 Å². The van der Waals surface area contributed by atoms with Gasteiger partial charge in [0.05, 0.1) is 6.54 Å². The lowest BCUT2D eigenvalue weighted by Crippen LogP contribution is -2.32. The van der Waals surface area contributed by atoms with E-state index in [0.29, 0.717) is 19.1 Å². The number of carbonyl (C=O) groups excluding carboxylic acids is 1. The summed E-state index contributed by atoms with van der Waals surface area (Å²) < 4.78 is 2.17. The maximum atomic E-state index is 12.9. The zero-order valence-corrected chi connectivity index (χ0v) is 16.4. The smallest absolute Gasteiger partial charge is 0.247 e. The fraction of sp³-hybridized carbons (Fsp3) is 0.208. The minimum Gasteiger partial charge on any atom is -0.345 e. The van der Waals surface area contributed by atoms with Crippen LogP contribution in [-0.2, 0) is 17.9 Å². The number of benzene rings is 2. The molecule has 1 aliphatic rings. The fourth-order valence-electron chi connectivity index (χ4n) is 3.33. The highest BCUT2D eigenvalue weighted by Gasteiger charge is 2.32. The van der Waals surface area contributed by atoms with Crippen molar-refractivity contribution in [3.05, 3.63) is 101 Å². The fourth-order valence-corrected chi connectivity index (χ4v) is 3.53. The van der Waals surface area contributed by atoms with E-state index in [4.69, 9.17) is 11.6 Å². The SMILES string of the molecule is O=C(/C=C/c1ccccc1)N(Cc1cccn1Cc1ccccc1Cl)C1CC1. The summed E-state index contributed by atoms with van der Waals surface area (Å²) in [4.78, 5) is 14.8. The standard InChI is InChI=1S/C24H23ClN2O/c25-23-11-5-4-9-20(23)17-26-16-6-10-22(26)18-27(21-13-14-21)24(28)15-12-19-7-2-1-3-8-19/h1-12,15-16,21H,13-14,17-18H2/b15-12+. The number of hydrogen-bond donors (Lipinski definition) is 0. The molecule has 1 amide bonds. The van der Waals surface area contributed by atoms with Crippen molar-refractivity contribution in [2.75, 3.05) is 0 Å². The molecule has 0 aliphatic heterocycles. The molecule has 4 rings (SSSR count). The quantitative estimate of drug-likeness (QED) is 0.496. The van der Waals surface area contributed by atoms with Gasteiger partial charge >= 0.3 is 0 Å². The molecule has 28 heavy (non-hydrogen) atoms. The van der Waals surface area contributed by atoms with E-state index in [2.05, 4.69) is 10.6 Å². The predicted octanol–water partition coefficient (Wildman–Crippen LogP) is 5.39. The van der Waals surface area contributed by atoms with Crippen LogP contribution in [0.5, 0.6) is 0 Å². The van der Waals surface area contributed by atoms with Crippen molar-refractivity contribution >= 4 is 23.6 Å². The van der Waals surface area contributed by atoms with E-state index in [1.54, 1.807) is 6.08 Å². The van der Waals surface area contributed by atoms with Crippen LogP contribution in [0.2, 0.25) is 5.02 Å². The Kier molecular flexibility index (Phi) is 5.63. The maximum absolute atomic E-state index is 12.9. The van der Waals surface area contributed by atoms with Crippen LogP contribution in [-0.4, -0.2) is 21.4 Å². The first kappa shape index (κ1) is 18.6. The molecule has 2 aromatic carbocycles. The van der Waals surface area contributed by atoms with Gasteiger partial charge in [-0.05, 0) is 48.2 Å². The molecule has 0 radical (unpaired) electrons. The number of halogens is 1. The Bertz CT molecular complexity index is 973. The van der Waals surface area contributed by atoms with Gasteiger partial charge in [0.25, 0.3) is 0 Å². The highest BCUT2D eigenvalue weighted by atomic mass is 35.5. The Balaban J connectivity index is 1.49. The summed E-state index contributed by atoms with van der Waals surface area (Å²) in [5, 5.41) is 0.767. The van der Waals surface area contributed by atoms with E-state index in [1.807, 2.05) is 77.8 Å². The topological polar surface area (TPSA) is 25.2 Å². The van der Waals surface area contributed by atoms with E-state index in [9.17, 15) is 4.79 Å². The van der Waals surface area contributed by atoms with E-state index in [-0.39, 0.29) is 5.91 Å². The molecule has 3 aromatic rings. The summed E-state index contributed by atoms with van der Waals surface area (Å²) >= 11 is 6.32. The van der Waals surface area contributed by atoms with Crippen LogP contribution < -0.4 is 0 Å². The van der Waals surface area contributed by atoms with E-state index in [1.165, 1.54) is 0 Å². The average Bonchev–Trinajstić information content (AvgIpc) is 3.47. The van der Waals surface area contributed by atoms with Crippen LogP contribution in [0.3, 0.4) is 0 Å². The maximum Gasteiger partial charge on any atom is 0.247 e. The largest absolute Gasteiger partial charge is 0.345 e. The second-order valence-electron chi connectivity index (χ2n) is 7.16. The Morgan fingerprint density at radius 3 is 2.54 bits per heavy atom. The van der Waals surface area contributed by atoms with E-state index in [0.717, 1.165) is 34.7 Å². The first-order valence-corrected chi connectivity index (χ1v) is 9.99. The third-order valence-electron chi connectivity index (χ3n) is 5.04. The van der Waals surface area contributed by atoms with Gasteiger partial charge in [-0.2, -0.15) is 0 Å². The van der Waals surface area contributed by atoms with Crippen molar-refractivity contribution in [1.29, 1.82) is 0 Å². The number of amides is 1. The molecule has 1 aromatic heterocycles. The molecule has 1 heterocycles. The summed E-state index contributed by atoms with van der Waals surface area (Å²) in [7, 11) is 0. The zero-order chi connectivity index (χ0) is 19.3. The van der Waals surface area contributed by atoms with Crippen LogP contribution >= 0.6 is 11.6 Å². The molecular weight excluding hydrogens is 368 g/mol. The first-order valence-electron chi connectivity index (χ1n) is 9.62. The average molecular weight is 391 g/mol. The Labute approximate surface area is 170 Å². The lowest BCUT2D eigenvalue weighted by molar-refractivity contribution is -0.127. The van der Waals surface area contributed by atoms with Crippen molar-refractivity contribution in [1.82, 2.24) is 9.47 Å². The molecule has 0 saturated heterocycles. The van der Waals surface area contributed by atoms with Crippen molar-refractivity contribution in [3.8, 4) is 0 Å².